The maximum absolute atomic E-state index is 8.99. The molecule has 0 aliphatic carbocycles. The van der Waals surface area contributed by atoms with Gasteiger partial charge in [0.1, 0.15) is 17.6 Å². The van der Waals surface area contributed by atoms with Gasteiger partial charge >= 0.3 is 0 Å². The molecule has 0 aliphatic rings. The Bertz CT molecular complexity index is 585. The summed E-state index contributed by atoms with van der Waals surface area (Å²) in [5.41, 5.74) is 7.75. The number of nitrogens with zero attached hydrogens (tertiary/aromatic N) is 1. The minimum absolute atomic E-state index is 0.474. The van der Waals surface area contributed by atoms with E-state index < -0.39 is 0 Å². The highest BCUT2D eigenvalue weighted by molar-refractivity contribution is 5.54. The molecule has 0 spiro atoms. The van der Waals surface area contributed by atoms with Crippen LogP contribution < -0.4 is 10.5 Å². The van der Waals surface area contributed by atoms with Crippen molar-refractivity contribution in [3.05, 3.63) is 53.6 Å². The summed E-state index contributed by atoms with van der Waals surface area (Å²) in [6, 6.07) is 14.7. The highest BCUT2D eigenvalue weighted by Gasteiger charge is 2.06. The first-order valence-corrected chi connectivity index (χ1v) is 5.24. The lowest BCUT2D eigenvalue weighted by Gasteiger charge is -2.10. The van der Waals surface area contributed by atoms with E-state index in [1.807, 2.05) is 31.2 Å². The number of ether oxygens (including phenoxy) is 1. The number of aryl methyl sites for hydroxylation is 1. The lowest BCUT2D eigenvalue weighted by atomic mass is 10.2. The van der Waals surface area contributed by atoms with E-state index in [-0.39, 0.29) is 0 Å². The van der Waals surface area contributed by atoms with Gasteiger partial charge in [-0.05, 0) is 30.7 Å². The standard InChI is InChI=1S/C14H12N2O/c1-10-4-2-3-5-13(10)17-14-8-12(16)7-6-11(14)9-15/h2-8H,16H2,1H3. The van der Waals surface area contributed by atoms with E-state index in [1.54, 1.807) is 18.2 Å². The van der Waals surface area contributed by atoms with E-state index in [4.69, 9.17) is 15.7 Å². The van der Waals surface area contributed by atoms with Gasteiger partial charge in [-0.25, -0.2) is 0 Å². The van der Waals surface area contributed by atoms with Gasteiger partial charge in [-0.1, -0.05) is 18.2 Å². The molecule has 3 heteroatoms. The number of para-hydroxylation sites is 1. The van der Waals surface area contributed by atoms with Crippen molar-refractivity contribution in [3.63, 3.8) is 0 Å². The van der Waals surface area contributed by atoms with Crippen molar-refractivity contribution < 1.29 is 4.74 Å². The fourth-order valence-electron chi connectivity index (χ4n) is 1.51. The Hall–Kier alpha value is -2.47. The molecule has 2 aromatic carbocycles. The number of benzene rings is 2. The predicted octanol–water partition coefficient (Wildman–Crippen LogP) is 3.24. The molecule has 2 N–H and O–H groups in total. The molecule has 0 fully saturated rings. The molecule has 0 bridgehead atoms. The van der Waals surface area contributed by atoms with Crippen LogP contribution >= 0.6 is 0 Å². The summed E-state index contributed by atoms with van der Waals surface area (Å²) in [4.78, 5) is 0. The van der Waals surface area contributed by atoms with E-state index >= 15 is 0 Å². The number of nitriles is 1. The third-order valence-electron chi connectivity index (χ3n) is 2.44. The summed E-state index contributed by atoms with van der Waals surface area (Å²) >= 11 is 0. The van der Waals surface area contributed by atoms with E-state index in [9.17, 15) is 0 Å². The molecule has 0 atom stereocenters. The molecule has 0 aliphatic heterocycles. The maximum atomic E-state index is 8.99. The minimum Gasteiger partial charge on any atom is -0.456 e. The van der Waals surface area contributed by atoms with Crippen molar-refractivity contribution in [2.45, 2.75) is 6.92 Å². The molecule has 0 radical (unpaired) electrons. The van der Waals surface area contributed by atoms with E-state index in [1.165, 1.54) is 0 Å². The number of rotatable bonds is 2. The molecule has 84 valence electrons. The van der Waals surface area contributed by atoms with Gasteiger partial charge in [0.25, 0.3) is 0 Å². The zero-order chi connectivity index (χ0) is 12.3. The average Bonchev–Trinajstić information content (AvgIpc) is 2.32. The number of nitrogens with two attached hydrogens (primary N) is 1. The molecule has 2 aromatic rings. The Kier molecular flexibility index (Phi) is 2.97. The van der Waals surface area contributed by atoms with Crippen LogP contribution in [0, 0.1) is 18.3 Å². The first-order valence-electron chi connectivity index (χ1n) is 5.24. The zero-order valence-electron chi connectivity index (χ0n) is 9.47. The van der Waals surface area contributed by atoms with Crippen molar-refractivity contribution in [3.8, 4) is 17.6 Å². The van der Waals surface area contributed by atoms with Crippen LogP contribution in [0.5, 0.6) is 11.5 Å². The fourth-order valence-corrected chi connectivity index (χ4v) is 1.51. The van der Waals surface area contributed by atoms with Crippen molar-refractivity contribution >= 4 is 5.69 Å². The van der Waals surface area contributed by atoms with Crippen molar-refractivity contribution in [1.82, 2.24) is 0 Å². The zero-order valence-corrected chi connectivity index (χ0v) is 9.47. The molecular formula is C14H12N2O. The quantitative estimate of drug-likeness (QED) is 0.796. The molecule has 0 amide bonds. The molecule has 3 nitrogen and oxygen atoms in total. The molecule has 0 heterocycles. The Morgan fingerprint density at radius 1 is 1.12 bits per heavy atom. The van der Waals surface area contributed by atoms with Crippen molar-refractivity contribution in [1.29, 1.82) is 5.26 Å². The van der Waals surface area contributed by atoms with Crippen LogP contribution in [0.25, 0.3) is 0 Å². The average molecular weight is 224 g/mol. The molecule has 2 rings (SSSR count). The van der Waals surface area contributed by atoms with Gasteiger partial charge in [0, 0.05) is 11.8 Å². The van der Waals surface area contributed by atoms with E-state index in [0.717, 1.165) is 11.3 Å². The van der Waals surface area contributed by atoms with E-state index in [2.05, 4.69) is 6.07 Å². The van der Waals surface area contributed by atoms with E-state index in [0.29, 0.717) is 17.0 Å². The highest BCUT2D eigenvalue weighted by Crippen LogP contribution is 2.28. The maximum Gasteiger partial charge on any atom is 0.147 e. The van der Waals surface area contributed by atoms with Gasteiger partial charge in [0.2, 0.25) is 0 Å². The van der Waals surface area contributed by atoms with Crippen molar-refractivity contribution in [2.75, 3.05) is 5.73 Å². The van der Waals surface area contributed by atoms with Crippen LogP contribution in [0.3, 0.4) is 0 Å². The summed E-state index contributed by atoms with van der Waals surface area (Å²) in [6.07, 6.45) is 0. The normalized spacial score (nSPS) is 9.65. The Balaban J connectivity index is 2.40. The second-order valence-corrected chi connectivity index (χ2v) is 3.73. The van der Waals surface area contributed by atoms with Crippen molar-refractivity contribution in [2.24, 2.45) is 0 Å². The number of hydrogen-bond acceptors (Lipinski definition) is 3. The van der Waals surface area contributed by atoms with Crippen LogP contribution in [-0.4, -0.2) is 0 Å². The Labute approximate surface area is 100 Å². The van der Waals surface area contributed by atoms with Crippen LogP contribution in [0.4, 0.5) is 5.69 Å². The van der Waals surface area contributed by atoms with Gasteiger partial charge in [-0.3, -0.25) is 0 Å². The number of nitrogen functional groups attached to an aromatic ring is 1. The molecule has 0 unspecified atom stereocenters. The highest BCUT2D eigenvalue weighted by atomic mass is 16.5. The van der Waals surface area contributed by atoms with Gasteiger partial charge in [-0.15, -0.1) is 0 Å². The monoisotopic (exact) mass is 224 g/mol. The second kappa shape index (κ2) is 4.58. The summed E-state index contributed by atoms with van der Waals surface area (Å²) in [6.45, 7) is 1.95. The SMILES string of the molecule is Cc1ccccc1Oc1cc(N)ccc1C#N. The van der Waals surface area contributed by atoms with Crippen LogP contribution in [0.15, 0.2) is 42.5 Å². The molecular weight excluding hydrogens is 212 g/mol. The van der Waals surface area contributed by atoms with Gasteiger partial charge in [0.15, 0.2) is 0 Å². The third kappa shape index (κ3) is 2.37. The third-order valence-corrected chi connectivity index (χ3v) is 2.44. The second-order valence-electron chi connectivity index (χ2n) is 3.73. The first-order chi connectivity index (χ1) is 8.20. The summed E-state index contributed by atoms with van der Waals surface area (Å²) < 4.78 is 5.71. The molecule has 0 saturated heterocycles. The summed E-state index contributed by atoms with van der Waals surface area (Å²) in [7, 11) is 0. The summed E-state index contributed by atoms with van der Waals surface area (Å²) in [5, 5.41) is 8.99. The largest absolute Gasteiger partial charge is 0.456 e. The Morgan fingerprint density at radius 2 is 1.88 bits per heavy atom. The van der Waals surface area contributed by atoms with Crippen LogP contribution in [0.1, 0.15) is 11.1 Å². The Morgan fingerprint density at radius 3 is 2.59 bits per heavy atom. The lowest BCUT2D eigenvalue weighted by Crippen LogP contribution is -1.92. The fraction of sp³-hybridized carbons (Fsp3) is 0.0714. The molecule has 0 saturated carbocycles. The lowest BCUT2D eigenvalue weighted by molar-refractivity contribution is 0.477. The summed E-state index contributed by atoms with van der Waals surface area (Å²) in [5.74, 6) is 1.22. The smallest absolute Gasteiger partial charge is 0.147 e. The first kappa shape index (κ1) is 11.0. The minimum atomic E-state index is 0.474. The number of hydrogen-bond donors (Lipinski definition) is 1. The number of anilines is 1. The predicted molar refractivity (Wildman–Crippen MR) is 66.8 cm³/mol. The molecule has 0 aromatic heterocycles. The molecule has 17 heavy (non-hydrogen) atoms. The van der Waals surface area contributed by atoms with Crippen LogP contribution in [-0.2, 0) is 0 Å². The van der Waals surface area contributed by atoms with Gasteiger partial charge in [-0.2, -0.15) is 5.26 Å². The van der Waals surface area contributed by atoms with Gasteiger partial charge in [0.05, 0.1) is 5.56 Å². The van der Waals surface area contributed by atoms with Crippen LogP contribution in [0.2, 0.25) is 0 Å². The topological polar surface area (TPSA) is 59.0 Å². The van der Waals surface area contributed by atoms with Gasteiger partial charge < -0.3 is 10.5 Å².